The van der Waals surface area contributed by atoms with Crippen molar-refractivity contribution in [3.63, 3.8) is 0 Å². The summed E-state index contributed by atoms with van der Waals surface area (Å²) in [5.41, 5.74) is 1.82. The maximum Gasteiger partial charge on any atom is 0.0853 e. The second-order valence-corrected chi connectivity index (χ2v) is 3.69. The normalized spacial score (nSPS) is 10.9. The standard InChI is InChI=1S/C11H18N2O/c1-13(2)8-4-7-10-5-3-6-11(9-14)12-10/h3,5-6,14H,4,7-9H2,1-2H3. The Morgan fingerprint density at radius 1 is 1.29 bits per heavy atom. The van der Waals surface area contributed by atoms with Crippen LogP contribution in [0.1, 0.15) is 17.8 Å². The molecule has 0 saturated heterocycles. The number of aliphatic hydroxyl groups excluding tert-OH is 1. The molecule has 0 spiro atoms. The van der Waals surface area contributed by atoms with Gasteiger partial charge in [0.2, 0.25) is 0 Å². The van der Waals surface area contributed by atoms with Crippen LogP contribution in [-0.2, 0) is 13.0 Å². The molecule has 78 valence electrons. The number of nitrogens with zero attached hydrogens (tertiary/aromatic N) is 2. The number of aryl methyl sites for hydroxylation is 1. The lowest BCUT2D eigenvalue weighted by atomic mass is 10.2. The van der Waals surface area contributed by atoms with Crippen LogP contribution in [-0.4, -0.2) is 35.6 Å². The van der Waals surface area contributed by atoms with Gasteiger partial charge in [-0.1, -0.05) is 6.07 Å². The Morgan fingerprint density at radius 3 is 2.64 bits per heavy atom. The fourth-order valence-corrected chi connectivity index (χ4v) is 1.33. The van der Waals surface area contributed by atoms with Crippen molar-refractivity contribution < 1.29 is 5.11 Å². The van der Waals surface area contributed by atoms with Gasteiger partial charge in [0.15, 0.2) is 0 Å². The minimum Gasteiger partial charge on any atom is -0.390 e. The lowest BCUT2D eigenvalue weighted by Gasteiger charge is -2.08. The Hall–Kier alpha value is -0.930. The molecule has 0 aliphatic carbocycles. The smallest absolute Gasteiger partial charge is 0.0853 e. The van der Waals surface area contributed by atoms with Crippen LogP contribution in [0.2, 0.25) is 0 Å². The van der Waals surface area contributed by atoms with Crippen LogP contribution >= 0.6 is 0 Å². The van der Waals surface area contributed by atoms with E-state index in [0.29, 0.717) is 0 Å². The molecular weight excluding hydrogens is 176 g/mol. The molecule has 0 atom stereocenters. The van der Waals surface area contributed by atoms with E-state index in [4.69, 9.17) is 5.11 Å². The highest BCUT2D eigenvalue weighted by Crippen LogP contribution is 2.02. The van der Waals surface area contributed by atoms with Crippen molar-refractivity contribution >= 4 is 0 Å². The maximum absolute atomic E-state index is 8.90. The van der Waals surface area contributed by atoms with Gasteiger partial charge in [0.1, 0.15) is 0 Å². The molecule has 0 radical (unpaired) electrons. The number of hydrogen-bond donors (Lipinski definition) is 1. The largest absolute Gasteiger partial charge is 0.390 e. The molecule has 1 aromatic rings. The van der Waals surface area contributed by atoms with E-state index in [1.54, 1.807) is 0 Å². The molecule has 3 nitrogen and oxygen atoms in total. The molecule has 3 heteroatoms. The first-order valence-electron chi connectivity index (χ1n) is 4.93. The van der Waals surface area contributed by atoms with E-state index in [0.717, 1.165) is 30.8 Å². The summed E-state index contributed by atoms with van der Waals surface area (Å²) >= 11 is 0. The van der Waals surface area contributed by atoms with Gasteiger partial charge in [0.25, 0.3) is 0 Å². The Bertz CT molecular complexity index is 274. The zero-order valence-electron chi connectivity index (χ0n) is 8.90. The molecule has 0 unspecified atom stereocenters. The number of aliphatic hydroxyl groups is 1. The highest BCUT2D eigenvalue weighted by atomic mass is 16.3. The van der Waals surface area contributed by atoms with Gasteiger partial charge in [-0.25, -0.2) is 0 Å². The van der Waals surface area contributed by atoms with Gasteiger partial charge < -0.3 is 10.0 Å². The van der Waals surface area contributed by atoms with E-state index < -0.39 is 0 Å². The van der Waals surface area contributed by atoms with Crippen LogP contribution in [0.15, 0.2) is 18.2 Å². The van der Waals surface area contributed by atoms with Crippen molar-refractivity contribution in [1.82, 2.24) is 9.88 Å². The van der Waals surface area contributed by atoms with Crippen molar-refractivity contribution in [2.24, 2.45) is 0 Å². The zero-order valence-corrected chi connectivity index (χ0v) is 8.90. The van der Waals surface area contributed by atoms with Gasteiger partial charge in [0.05, 0.1) is 12.3 Å². The monoisotopic (exact) mass is 194 g/mol. The molecule has 1 N–H and O–H groups in total. The summed E-state index contributed by atoms with van der Waals surface area (Å²) < 4.78 is 0. The Morgan fingerprint density at radius 2 is 2.00 bits per heavy atom. The van der Waals surface area contributed by atoms with E-state index in [1.807, 2.05) is 18.2 Å². The van der Waals surface area contributed by atoms with Crippen LogP contribution in [0.5, 0.6) is 0 Å². The third kappa shape index (κ3) is 3.85. The summed E-state index contributed by atoms with van der Waals surface area (Å²) in [5, 5.41) is 8.90. The third-order valence-corrected chi connectivity index (χ3v) is 2.06. The lowest BCUT2D eigenvalue weighted by Crippen LogP contribution is -2.13. The van der Waals surface area contributed by atoms with Crippen LogP contribution in [0.4, 0.5) is 0 Å². The van der Waals surface area contributed by atoms with Crippen molar-refractivity contribution in [2.45, 2.75) is 19.4 Å². The molecule has 0 aromatic carbocycles. The fourth-order valence-electron chi connectivity index (χ4n) is 1.33. The van der Waals surface area contributed by atoms with Crippen molar-refractivity contribution in [1.29, 1.82) is 0 Å². The van der Waals surface area contributed by atoms with Crippen molar-refractivity contribution in [3.05, 3.63) is 29.6 Å². The van der Waals surface area contributed by atoms with E-state index in [-0.39, 0.29) is 6.61 Å². The Balaban J connectivity index is 2.42. The van der Waals surface area contributed by atoms with Crippen LogP contribution in [0, 0.1) is 0 Å². The summed E-state index contributed by atoms with van der Waals surface area (Å²) in [7, 11) is 4.13. The second-order valence-electron chi connectivity index (χ2n) is 3.69. The van der Waals surface area contributed by atoms with Crippen LogP contribution < -0.4 is 0 Å². The van der Waals surface area contributed by atoms with Crippen LogP contribution in [0.3, 0.4) is 0 Å². The van der Waals surface area contributed by atoms with E-state index in [2.05, 4.69) is 24.0 Å². The Labute approximate surface area is 85.4 Å². The number of hydrogen-bond acceptors (Lipinski definition) is 3. The molecule has 0 saturated carbocycles. The third-order valence-electron chi connectivity index (χ3n) is 2.06. The van der Waals surface area contributed by atoms with Crippen LogP contribution in [0.25, 0.3) is 0 Å². The maximum atomic E-state index is 8.90. The molecule has 0 bridgehead atoms. The molecule has 1 heterocycles. The van der Waals surface area contributed by atoms with Gasteiger partial charge in [-0.05, 0) is 45.6 Å². The average Bonchev–Trinajstić information content (AvgIpc) is 2.18. The molecular formula is C11H18N2O. The van der Waals surface area contributed by atoms with E-state index >= 15 is 0 Å². The predicted octanol–water partition coefficient (Wildman–Crippen LogP) is 1.07. The zero-order chi connectivity index (χ0) is 10.4. The first kappa shape index (κ1) is 11.1. The molecule has 1 rings (SSSR count). The first-order valence-corrected chi connectivity index (χ1v) is 4.93. The second kappa shape index (κ2) is 5.73. The van der Waals surface area contributed by atoms with Crippen molar-refractivity contribution in [3.8, 4) is 0 Å². The van der Waals surface area contributed by atoms with Gasteiger partial charge in [0, 0.05) is 5.69 Å². The average molecular weight is 194 g/mol. The predicted molar refractivity (Wildman–Crippen MR) is 57.0 cm³/mol. The lowest BCUT2D eigenvalue weighted by molar-refractivity contribution is 0.276. The van der Waals surface area contributed by atoms with Gasteiger partial charge in [-0.3, -0.25) is 4.98 Å². The summed E-state index contributed by atoms with van der Waals surface area (Å²) in [5.74, 6) is 0. The number of rotatable bonds is 5. The van der Waals surface area contributed by atoms with Crippen molar-refractivity contribution in [2.75, 3.05) is 20.6 Å². The SMILES string of the molecule is CN(C)CCCc1cccc(CO)n1. The Kier molecular flexibility index (Phi) is 4.56. The minimum absolute atomic E-state index is 0.0293. The molecule has 14 heavy (non-hydrogen) atoms. The summed E-state index contributed by atoms with van der Waals surface area (Å²) in [4.78, 5) is 6.48. The molecule has 0 amide bonds. The minimum atomic E-state index is 0.0293. The molecule has 0 fully saturated rings. The summed E-state index contributed by atoms with van der Waals surface area (Å²) in [6.07, 6.45) is 2.08. The first-order chi connectivity index (χ1) is 6.72. The van der Waals surface area contributed by atoms with Gasteiger partial charge in [-0.2, -0.15) is 0 Å². The van der Waals surface area contributed by atoms with Gasteiger partial charge >= 0.3 is 0 Å². The summed E-state index contributed by atoms with van der Waals surface area (Å²) in [6, 6.07) is 5.80. The quantitative estimate of drug-likeness (QED) is 0.761. The number of pyridine rings is 1. The molecule has 0 aliphatic rings. The van der Waals surface area contributed by atoms with Gasteiger partial charge in [-0.15, -0.1) is 0 Å². The fraction of sp³-hybridized carbons (Fsp3) is 0.545. The summed E-state index contributed by atoms with van der Waals surface area (Å²) in [6.45, 7) is 1.10. The molecule has 0 aliphatic heterocycles. The van der Waals surface area contributed by atoms with E-state index in [1.165, 1.54) is 0 Å². The highest BCUT2D eigenvalue weighted by molar-refractivity contribution is 5.10. The molecule has 1 aromatic heterocycles. The topological polar surface area (TPSA) is 36.4 Å². The number of aromatic nitrogens is 1. The highest BCUT2D eigenvalue weighted by Gasteiger charge is 1.97. The van der Waals surface area contributed by atoms with E-state index in [9.17, 15) is 0 Å².